The van der Waals surface area contributed by atoms with Crippen molar-refractivity contribution in [1.29, 1.82) is 0 Å². The second-order valence-corrected chi connectivity index (χ2v) is 5.50. The molecule has 1 atom stereocenters. The summed E-state index contributed by atoms with van der Waals surface area (Å²) in [5.41, 5.74) is 5.56. The van der Waals surface area contributed by atoms with Crippen molar-refractivity contribution < 1.29 is 4.79 Å². The summed E-state index contributed by atoms with van der Waals surface area (Å²) >= 11 is 0. The van der Waals surface area contributed by atoms with Gasteiger partial charge in [0.15, 0.2) is 0 Å². The number of carbonyl (C=O) groups excluding carboxylic acids is 1. The van der Waals surface area contributed by atoms with Crippen LogP contribution in [-0.4, -0.2) is 42.0 Å². The van der Waals surface area contributed by atoms with E-state index in [1.165, 1.54) is 19.4 Å². The molecule has 1 saturated carbocycles. The zero-order valence-corrected chi connectivity index (χ0v) is 13.3. The third-order valence-electron chi connectivity index (χ3n) is 4.35. The molecule has 1 aliphatic carbocycles. The second kappa shape index (κ2) is 8.30. The first kappa shape index (κ1) is 19.0. The number of nitrogens with one attached hydrogen (secondary N) is 1. The van der Waals surface area contributed by atoms with Gasteiger partial charge in [-0.1, -0.05) is 19.8 Å². The van der Waals surface area contributed by atoms with Gasteiger partial charge in [-0.25, -0.2) is 0 Å². The molecule has 0 aromatic rings. The minimum Gasteiger partial charge on any atom is -0.353 e. The van der Waals surface area contributed by atoms with Crippen LogP contribution in [0.15, 0.2) is 0 Å². The maximum atomic E-state index is 12.1. The molecule has 3 N–H and O–H groups in total. The lowest BCUT2D eigenvalue weighted by Gasteiger charge is -2.26. The molecular formula is C13H27Cl2N3O. The van der Waals surface area contributed by atoms with Crippen molar-refractivity contribution in [3.05, 3.63) is 0 Å². The molecule has 114 valence electrons. The van der Waals surface area contributed by atoms with Crippen LogP contribution in [0.1, 0.15) is 45.4 Å². The summed E-state index contributed by atoms with van der Waals surface area (Å²) in [6, 6.07) is 0.522. The quantitative estimate of drug-likeness (QED) is 0.831. The zero-order chi connectivity index (χ0) is 12.3. The normalized spacial score (nSPS) is 25.5. The van der Waals surface area contributed by atoms with Crippen molar-refractivity contribution in [3.8, 4) is 0 Å². The highest BCUT2D eigenvalue weighted by Crippen LogP contribution is 2.27. The number of rotatable bonds is 4. The van der Waals surface area contributed by atoms with Crippen molar-refractivity contribution in [3.63, 3.8) is 0 Å². The molecule has 0 bridgehead atoms. The van der Waals surface area contributed by atoms with Crippen LogP contribution in [0.2, 0.25) is 0 Å². The molecule has 0 spiro atoms. The van der Waals surface area contributed by atoms with Gasteiger partial charge in [0.05, 0.1) is 5.54 Å². The first-order valence-corrected chi connectivity index (χ1v) is 6.97. The Morgan fingerprint density at radius 1 is 1.32 bits per heavy atom. The van der Waals surface area contributed by atoms with E-state index in [1.54, 1.807) is 0 Å². The van der Waals surface area contributed by atoms with Crippen LogP contribution in [0, 0.1) is 0 Å². The molecular weight excluding hydrogens is 285 g/mol. The average Bonchev–Trinajstić information content (AvgIpc) is 2.95. The standard InChI is InChI=1S/C13H25N3O.2ClH/c1-2-16-9-5-6-11(16)10-15-12(17)13(14)7-3-4-8-13;;/h11H,2-10,14H2,1H3,(H,15,17);2*1H. The Balaban J connectivity index is 0.00000162. The Bertz CT molecular complexity index is 283. The summed E-state index contributed by atoms with van der Waals surface area (Å²) in [4.78, 5) is 14.5. The third-order valence-corrected chi connectivity index (χ3v) is 4.35. The van der Waals surface area contributed by atoms with E-state index in [2.05, 4.69) is 17.1 Å². The van der Waals surface area contributed by atoms with Crippen molar-refractivity contribution >= 4 is 30.7 Å². The number of amides is 1. The molecule has 19 heavy (non-hydrogen) atoms. The number of halogens is 2. The first-order chi connectivity index (χ1) is 8.15. The van der Waals surface area contributed by atoms with Gasteiger partial charge in [0, 0.05) is 12.6 Å². The van der Waals surface area contributed by atoms with Crippen LogP contribution in [-0.2, 0) is 4.79 Å². The number of hydrogen-bond donors (Lipinski definition) is 2. The van der Waals surface area contributed by atoms with Gasteiger partial charge < -0.3 is 11.1 Å². The maximum Gasteiger partial charge on any atom is 0.240 e. The van der Waals surface area contributed by atoms with E-state index in [0.717, 1.165) is 38.8 Å². The smallest absolute Gasteiger partial charge is 0.240 e. The fourth-order valence-electron chi connectivity index (χ4n) is 3.16. The summed E-state index contributed by atoms with van der Waals surface area (Å²) < 4.78 is 0. The van der Waals surface area contributed by atoms with Gasteiger partial charge in [0.25, 0.3) is 0 Å². The number of carbonyl (C=O) groups is 1. The molecule has 0 radical (unpaired) electrons. The van der Waals surface area contributed by atoms with E-state index >= 15 is 0 Å². The second-order valence-electron chi connectivity index (χ2n) is 5.50. The molecule has 4 nitrogen and oxygen atoms in total. The predicted octanol–water partition coefficient (Wildman–Crippen LogP) is 1.70. The zero-order valence-electron chi connectivity index (χ0n) is 11.7. The summed E-state index contributed by atoms with van der Waals surface area (Å²) in [6.45, 7) is 5.20. The van der Waals surface area contributed by atoms with E-state index in [-0.39, 0.29) is 30.7 Å². The van der Waals surface area contributed by atoms with Gasteiger partial charge in [0.1, 0.15) is 0 Å². The molecule has 6 heteroatoms. The van der Waals surface area contributed by atoms with Gasteiger partial charge in [0.2, 0.25) is 5.91 Å². The number of likely N-dealkylation sites (tertiary alicyclic amines) is 1. The van der Waals surface area contributed by atoms with E-state index in [0.29, 0.717) is 6.04 Å². The highest BCUT2D eigenvalue weighted by atomic mass is 35.5. The van der Waals surface area contributed by atoms with E-state index in [1.807, 2.05) is 0 Å². The topological polar surface area (TPSA) is 58.4 Å². The van der Waals surface area contributed by atoms with Crippen molar-refractivity contribution in [2.45, 2.75) is 57.0 Å². The Morgan fingerprint density at radius 3 is 2.53 bits per heavy atom. The fourth-order valence-corrected chi connectivity index (χ4v) is 3.16. The molecule has 2 rings (SSSR count). The summed E-state index contributed by atoms with van der Waals surface area (Å²) in [7, 11) is 0. The molecule has 1 heterocycles. The SMILES string of the molecule is CCN1CCCC1CNC(=O)C1(N)CCCC1.Cl.Cl. The molecule has 0 aromatic carbocycles. The molecule has 1 unspecified atom stereocenters. The van der Waals surface area contributed by atoms with Crippen LogP contribution >= 0.6 is 24.8 Å². The van der Waals surface area contributed by atoms with Crippen LogP contribution in [0.4, 0.5) is 0 Å². The van der Waals surface area contributed by atoms with E-state index in [4.69, 9.17) is 5.73 Å². The lowest BCUT2D eigenvalue weighted by atomic mass is 9.98. The molecule has 1 saturated heterocycles. The molecule has 2 aliphatic rings. The maximum absolute atomic E-state index is 12.1. The van der Waals surface area contributed by atoms with Crippen LogP contribution in [0.25, 0.3) is 0 Å². The number of likely N-dealkylation sites (N-methyl/N-ethyl adjacent to an activating group) is 1. The van der Waals surface area contributed by atoms with Crippen molar-refractivity contribution in [1.82, 2.24) is 10.2 Å². The summed E-state index contributed by atoms with van der Waals surface area (Å²) in [5, 5.41) is 3.07. The highest BCUT2D eigenvalue weighted by Gasteiger charge is 2.37. The Morgan fingerprint density at radius 2 is 1.95 bits per heavy atom. The van der Waals surface area contributed by atoms with Crippen LogP contribution in [0.3, 0.4) is 0 Å². The predicted molar refractivity (Wildman–Crippen MR) is 83.2 cm³/mol. The third kappa shape index (κ3) is 4.48. The van der Waals surface area contributed by atoms with Gasteiger partial charge in [-0.3, -0.25) is 9.69 Å². The van der Waals surface area contributed by atoms with Gasteiger partial charge >= 0.3 is 0 Å². The minimum absolute atomic E-state index is 0. The molecule has 1 aliphatic heterocycles. The molecule has 1 amide bonds. The average molecular weight is 312 g/mol. The largest absolute Gasteiger partial charge is 0.353 e. The minimum atomic E-state index is -0.574. The molecule has 0 aromatic heterocycles. The Hall–Kier alpha value is -0.0300. The Labute approximate surface area is 128 Å². The number of nitrogens with zero attached hydrogens (tertiary/aromatic N) is 1. The highest BCUT2D eigenvalue weighted by molar-refractivity contribution is 5.86. The van der Waals surface area contributed by atoms with Gasteiger partial charge in [-0.05, 0) is 38.8 Å². The summed E-state index contributed by atoms with van der Waals surface area (Å²) in [6.07, 6.45) is 6.33. The van der Waals surface area contributed by atoms with E-state index < -0.39 is 5.54 Å². The summed E-state index contributed by atoms with van der Waals surface area (Å²) in [5.74, 6) is 0.0675. The van der Waals surface area contributed by atoms with Crippen LogP contribution < -0.4 is 11.1 Å². The fraction of sp³-hybridized carbons (Fsp3) is 0.923. The Kier molecular flexibility index (Phi) is 8.29. The van der Waals surface area contributed by atoms with E-state index in [9.17, 15) is 4.79 Å². The number of nitrogens with two attached hydrogens (primary N) is 1. The molecule has 2 fully saturated rings. The first-order valence-electron chi connectivity index (χ1n) is 6.97. The van der Waals surface area contributed by atoms with Crippen molar-refractivity contribution in [2.24, 2.45) is 5.73 Å². The lowest BCUT2D eigenvalue weighted by molar-refractivity contribution is -0.126. The number of hydrogen-bond acceptors (Lipinski definition) is 3. The van der Waals surface area contributed by atoms with Crippen LogP contribution in [0.5, 0.6) is 0 Å². The lowest BCUT2D eigenvalue weighted by Crippen LogP contribution is -2.54. The van der Waals surface area contributed by atoms with Gasteiger partial charge in [-0.15, -0.1) is 24.8 Å². The monoisotopic (exact) mass is 311 g/mol. The van der Waals surface area contributed by atoms with Crippen molar-refractivity contribution in [2.75, 3.05) is 19.6 Å². The van der Waals surface area contributed by atoms with Gasteiger partial charge in [-0.2, -0.15) is 0 Å².